The lowest BCUT2D eigenvalue weighted by molar-refractivity contribution is 0.0977. The number of halogens is 2. The van der Waals surface area contributed by atoms with Gasteiger partial charge in [-0.15, -0.1) is 0 Å². The zero-order valence-electron chi connectivity index (χ0n) is 21.5. The number of hydrogen-bond donors (Lipinski definition) is 2. The van der Waals surface area contributed by atoms with Crippen molar-refractivity contribution in [2.45, 2.75) is 20.4 Å². The van der Waals surface area contributed by atoms with Crippen molar-refractivity contribution in [1.82, 2.24) is 10.2 Å². The summed E-state index contributed by atoms with van der Waals surface area (Å²) in [6.45, 7) is 9.13. The molecule has 1 amide bonds. The van der Waals surface area contributed by atoms with Gasteiger partial charge in [-0.05, 0) is 66.2 Å². The first-order valence-corrected chi connectivity index (χ1v) is 13.8. The highest BCUT2D eigenvalue weighted by atomic mass is 35.5. The van der Waals surface area contributed by atoms with E-state index in [0.29, 0.717) is 34.5 Å². The fourth-order valence-corrected chi connectivity index (χ4v) is 4.89. The Morgan fingerprint density at radius 1 is 0.974 bits per heavy atom. The smallest absolute Gasteiger partial charge is 0.257 e. The van der Waals surface area contributed by atoms with Crippen LogP contribution in [0, 0.1) is 5.92 Å². The molecule has 1 fully saturated rings. The van der Waals surface area contributed by atoms with Crippen LogP contribution in [-0.2, 0) is 6.54 Å². The number of nitrogens with zero attached hydrogens (tertiary/aromatic N) is 2. The second-order valence-electron chi connectivity index (χ2n) is 9.66. The van der Waals surface area contributed by atoms with Crippen molar-refractivity contribution >= 4 is 57.8 Å². The molecule has 9 heteroatoms. The van der Waals surface area contributed by atoms with Gasteiger partial charge >= 0.3 is 0 Å². The monoisotopic (exact) mass is 570 g/mol. The summed E-state index contributed by atoms with van der Waals surface area (Å²) in [5.41, 5.74) is 3.29. The predicted molar refractivity (Wildman–Crippen MR) is 161 cm³/mol. The van der Waals surface area contributed by atoms with Crippen LogP contribution in [0.3, 0.4) is 0 Å². The number of carbonyl (C=O) groups excluding carboxylic acids is 1. The van der Waals surface area contributed by atoms with Gasteiger partial charge in [-0.25, -0.2) is 0 Å². The van der Waals surface area contributed by atoms with E-state index < -0.39 is 0 Å². The molecule has 1 aliphatic rings. The van der Waals surface area contributed by atoms with Crippen LogP contribution in [0.15, 0.2) is 66.7 Å². The van der Waals surface area contributed by atoms with Crippen LogP contribution in [0.2, 0.25) is 10.0 Å². The number of nitrogens with one attached hydrogen (secondary N) is 2. The summed E-state index contributed by atoms with van der Waals surface area (Å²) in [6, 6.07) is 20.7. The lowest BCUT2D eigenvalue weighted by Gasteiger charge is -2.36. The van der Waals surface area contributed by atoms with Crippen molar-refractivity contribution in [3.63, 3.8) is 0 Å². The number of rotatable bonds is 8. The molecule has 1 saturated heterocycles. The van der Waals surface area contributed by atoms with Gasteiger partial charge < -0.3 is 15.0 Å². The number of benzene rings is 3. The molecular formula is C29H32Cl2N4O2S. The molecule has 0 spiro atoms. The molecule has 0 aliphatic carbocycles. The molecule has 200 valence electrons. The molecule has 0 radical (unpaired) electrons. The Morgan fingerprint density at radius 3 is 2.45 bits per heavy atom. The van der Waals surface area contributed by atoms with Gasteiger partial charge in [0.1, 0.15) is 5.75 Å². The van der Waals surface area contributed by atoms with Gasteiger partial charge in [0.15, 0.2) is 5.11 Å². The molecular weight excluding hydrogens is 539 g/mol. The zero-order chi connectivity index (χ0) is 27.1. The minimum atomic E-state index is -0.310. The molecule has 6 nitrogen and oxygen atoms in total. The molecule has 0 aromatic heterocycles. The lowest BCUT2D eigenvalue weighted by atomic mass is 10.2. The SMILES string of the molecule is CC(C)COc1cccc(C(=O)NC(=S)Nc2ccc(N3CCN(Cc4ccccc4Cl)CC3)c(Cl)c2)c1. The Kier molecular flexibility index (Phi) is 9.86. The topological polar surface area (TPSA) is 56.8 Å². The fourth-order valence-electron chi connectivity index (χ4n) is 4.18. The Balaban J connectivity index is 1.29. The summed E-state index contributed by atoms with van der Waals surface area (Å²) in [5, 5.41) is 7.40. The van der Waals surface area contributed by atoms with E-state index in [-0.39, 0.29) is 11.0 Å². The first kappa shape index (κ1) is 28.2. The minimum Gasteiger partial charge on any atom is -0.493 e. The Hall–Kier alpha value is -2.84. The van der Waals surface area contributed by atoms with Crippen molar-refractivity contribution in [3.05, 3.63) is 87.9 Å². The number of carbonyl (C=O) groups is 1. The Morgan fingerprint density at radius 2 is 1.74 bits per heavy atom. The number of amides is 1. The van der Waals surface area contributed by atoms with Gasteiger partial charge in [0.2, 0.25) is 0 Å². The molecule has 0 unspecified atom stereocenters. The average molecular weight is 572 g/mol. The van der Waals surface area contributed by atoms with Gasteiger partial charge in [-0.2, -0.15) is 0 Å². The van der Waals surface area contributed by atoms with E-state index in [1.807, 2.05) is 42.5 Å². The second-order valence-corrected chi connectivity index (χ2v) is 10.9. The number of hydrogen-bond acceptors (Lipinski definition) is 5. The maximum absolute atomic E-state index is 12.7. The molecule has 3 aromatic carbocycles. The molecule has 0 saturated carbocycles. The van der Waals surface area contributed by atoms with Crippen LogP contribution in [-0.4, -0.2) is 48.7 Å². The zero-order valence-corrected chi connectivity index (χ0v) is 23.9. The van der Waals surface area contributed by atoms with E-state index in [9.17, 15) is 4.79 Å². The third kappa shape index (κ3) is 7.84. The highest BCUT2D eigenvalue weighted by Gasteiger charge is 2.20. The van der Waals surface area contributed by atoms with E-state index in [1.54, 1.807) is 18.2 Å². The largest absolute Gasteiger partial charge is 0.493 e. The van der Waals surface area contributed by atoms with Crippen LogP contribution in [0.25, 0.3) is 0 Å². The highest BCUT2D eigenvalue weighted by Crippen LogP contribution is 2.30. The maximum atomic E-state index is 12.7. The average Bonchev–Trinajstić information content (AvgIpc) is 2.89. The second kappa shape index (κ2) is 13.3. The van der Waals surface area contributed by atoms with Crippen molar-refractivity contribution in [2.75, 3.05) is 43.0 Å². The molecule has 4 rings (SSSR count). The van der Waals surface area contributed by atoms with Crippen LogP contribution < -0.4 is 20.3 Å². The van der Waals surface area contributed by atoms with Gasteiger partial charge in [0, 0.05) is 49.0 Å². The highest BCUT2D eigenvalue weighted by molar-refractivity contribution is 7.80. The Bertz CT molecular complexity index is 1280. The Labute approximate surface area is 239 Å². The first-order valence-electron chi connectivity index (χ1n) is 12.6. The van der Waals surface area contributed by atoms with Crippen molar-refractivity contribution < 1.29 is 9.53 Å². The summed E-state index contributed by atoms with van der Waals surface area (Å²) in [6.07, 6.45) is 0. The van der Waals surface area contributed by atoms with Gasteiger partial charge in [-0.1, -0.05) is 61.3 Å². The summed E-state index contributed by atoms with van der Waals surface area (Å²) >= 11 is 18.3. The number of thiocarbonyl (C=S) groups is 1. The third-order valence-electron chi connectivity index (χ3n) is 6.18. The predicted octanol–water partition coefficient (Wildman–Crippen LogP) is 6.48. The lowest BCUT2D eigenvalue weighted by Crippen LogP contribution is -2.46. The minimum absolute atomic E-state index is 0.195. The normalized spacial score (nSPS) is 13.9. The fraction of sp³-hybridized carbons (Fsp3) is 0.310. The number of piperazine rings is 1. The standard InChI is InChI=1S/C29H32Cl2N4O2S/c1-20(2)19-37-24-8-5-7-21(16-24)28(36)33-29(38)32-23-10-11-27(26(31)17-23)35-14-12-34(13-15-35)18-22-6-3-4-9-25(22)30/h3-11,16-17,20H,12-15,18-19H2,1-2H3,(H2,32,33,36,38). The van der Waals surface area contributed by atoms with E-state index in [1.165, 1.54) is 0 Å². The summed E-state index contributed by atoms with van der Waals surface area (Å²) in [4.78, 5) is 17.4. The van der Waals surface area contributed by atoms with Crippen molar-refractivity contribution in [3.8, 4) is 5.75 Å². The summed E-state index contributed by atoms with van der Waals surface area (Å²) in [7, 11) is 0. The number of ether oxygens (including phenoxy) is 1. The van der Waals surface area contributed by atoms with Crippen LogP contribution in [0.4, 0.5) is 11.4 Å². The molecule has 2 N–H and O–H groups in total. The van der Waals surface area contributed by atoms with Crippen molar-refractivity contribution in [2.24, 2.45) is 5.92 Å². The molecule has 0 bridgehead atoms. The molecule has 0 atom stereocenters. The number of anilines is 2. The first-order chi connectivity index (χ1) is 18.3. The van der Waals surface area contributed by atoms with Gasteiger partial charge in [-0.3, -0.25) is 15.0 Å². The van der Waals surface area contributed by atoms with E-state index in [2.05, 4.69) is 40.3 Å². The molecule has 3 aromatic rings. The van der Waals surface area contributed by atoms with Crippen LogP contribution in [0.5, 0.6) is 5.75 Å². The van der Waals surface area contributed by atoms with E-state index in [4.69, 9.17) is 40.2 Å². The quantitative estimate of drug-likeness (QED) is 0.302. The van der Waals surface area contributed by atoms with Crippen LogP contribution in [0.1, 0.15) is 29.8 Å². The summed E-state index contributed by atoms with van der Waals surface area (Å²) < 4.78 is 5.72. The maximum Gasteiger partial charge on any atom is 0.257 e. The molecule has 1 heterocycles. The van der Waals surface area contributed by atoms with Gasteiger partial charge in [0.25, 0.3) is 5.91 Å². The van der Waals surface area contributed by atoms with Crippen molar-refractivity contribution in [1.29, 1.82) is 0 Å². The molecule has 38 heavy (non-hydrogen) atoms. The third-order valence-corrected chi connectivity index (χ3v) is 7.05. The van der Waals surface area contributed by atoms with E-state index >= 15 is 0 Å². The van der Waals surface area contributed by atoms with Gasteiger partial charge in [0.05, 0.1) is 17.3 Å². The van der Waals surface area contributed by atoms with E-state index in [0.717, 1.165) is 49.0 Å². The van der Waals surface area contributed by atoms with Crippen LogP contribution >= 0.6 is 35.4 Å². The summed E-state index contributed by atoms with van der Waals surface area (Å²) in [5.74, 6) is 0.735. The molecule has 1 aliphatic heterocycles.